The van der Waals surface area contributed by atoms with Crippen LogP contribution >= 0.6 is 11.6 Å². The zero-order chi connectivity index (χ0) is 18.7. The van der Waals surface area contributed by atoms with Gasteiger partial charge in [0.1, 0.15) is 23.9 Å². The first-order chi connectivity index (χ1) is 12.4. The predicted molar refractivity (Wildman–Crippen MR) is 98.3 cm³/mol. The number of benzene rings is 2. The Morgan fingerprint density at radius 3 is 2.73 bits per heavy atom. The van der Waals surface area contributed by atoms with Gasteiger partial charge in [0.2, 0.25) is 0 Å². The van der Waals surface area contributed by atoms with Crippen molar-refractivity contribution in [2.75, 3.05) is 5.32 Å². The molecule has 3 rings (SSSR count). The van der Waals surface area contributed by atoms with Gasteiger partial charge in [-0.3, -0.25) is 4.79 Å². The molecule has 0 atom stereocenters. The van der Waals surface area contributed by atoms with Gasteiger partial charge in [-0.1, -0.05) is 17.7 Å². The lowest BCUT2D eigenvalue weighted by Gasteiger charge is -2.07. The van der Waals surface area contributed by atoms with Crippen molar-refractivity contribution in [3.8, 4) is 5.75 Å². The van der Waals surface area contributed by atoms with Crippen molar-refractivity contribution in [3.63, 3.8) is 0 Å². The zero-order valence-corrected chi connectivity index (χ0v) is 15.1. The van der Waals surface area contributed by atoms with Gasteiger partial charge in [-0.2, -0.15) is 0 Å². The summed E-state index contributed by atoms with van der Waals surface area (Å²) >= 11 is 5.98. The number of ether oxygens (including phenoxy) is 1. The summed E-state index contributed by atoms with van der Waals surface area (Å²) in [6.45, 7) is 3.86. The molecule has 0 aliphatic heterocycles. The standard InChI is InChI=1S/C20H17ClFNO3/c1-12-3-7-17(22)18(9-12)23-20(24)19-8-5-15(26-19)11-25-14-4-6-16(21)13(2)10-14/h3-10H,11H2,1-2H3,(H,23,24). The number of aryl methyl sites for hydroxylation is 2. The van der Waals surface area contributed by atoms with E-state index in [2.05, 4.69) is 5.32 Å². The predicted octanol–water partition coefficient (Wildman–Crippen LogP) is 5.52. The highest BCUT2D eigenvalue weighted by Crippen LogP contribution is 2.22. The number of halogens is 2. The monoisotopic (exact) mass is 373 g/mol. The van der Waals surface area contributed by atoms with Gasteiger partial charge in [0.05, 0.1) is 5.69 Å². The summed E-state index contributed by atoms with van der Waals surface area (Å²) in [6, 6.07) is 13.0. The molecule has 0 aliphatic rings. The highest BCUT2D eigenvalue weighted by molar-refractivity contribution is 6.31. The van der Waals surface area contributed by atoms with E-state index in [9.17, 15) is 9.18 Å². The third-order valence-corrected chi connectivity index (χ3v) is 4.19. The number of rotatable bonds is 5. The molecular weight excluding hydrogens is 357 g/mol. The number of anilines is 1. The van der Waals surface area contributed by atoms with Crippen molar-refractivity contribution in [2.45, 2.75) is 20.5 Å². The molecule has 4 nitrogen and oxygen atoms in total. The molecule has 134 valence electrons. The average Bonchev–Trinajstić information content (AvgIpc) is 3.08. The lowest BCUT2D eigenvalue weighted by Crippen LogP contribution is -2.12. The first-order valence-corrected chi connectivity index (χ1v) is 8.35. The van der Waals surface area contributed by atoms with E-state index in [1.54, 1.807) is 30.3 Å². The number of amides is 1. The fourth-order valence-electron chi connectivity index (χ4n) is 2.36. The molecule has 6 heteroatoms. The van der Waals surface area contributed by atoms with Crippen molar-refractivity contribution in [1.82, 2.24) is 0 Å². The van der Waals surface area contributed by atoms with Crippen LogP contribution in [0.2, 0.25) is 5.02 Å². The van der Waals surface area contributed by atoms with E-state index in [0.717, 1.165) is 11.1 Å². The van der Waals surface area contributed by atoms with E-state index in [1.807, 2.05) is 19.9 Å². The Kier molecular flexibility index (Phi) is 5.28. The first-order valence-electron chi connectivity index (χ1n) is 7.97. The SMILES string of the molecule is Cc1ccc(F)c(NC(=O)c2ccc(COc3ccc(Cl)c(C)c3)o2)c1. The second-order valence-corrected chi connectivity index (χ2v) is 6.31. The van der Waals surface area contributed by atoms with Crippen LogP contribution in [0, 0.1) is 19.7 Å². The first kappa shape index (κ1) is 18.0. The molecule has 26 heavy (non-hydrogen) atoms. The van der Waals surface area contributed by atoms with Crippen LogP contribution in [-0.2, 0) is 6.61 Å². The summed E-state index contributed by atoms with van der Waals surface area (Å²) in [5.74, 6) is 0.181. The number of hydrogen-bond donors (Lipinski definition) is 1. The van der Waals surface area contributed by atoms with E-state index >= 15 is 0 Å². The van der Waals surface area contributed by atoms with Crippen molar-refractivity contribution in [1.29, 1.82) is 0 Å². The Bertz CT molecular complexity index is 952. The maximum atomic E-state index is 13.7. The molecule has 0 fully saturated rings. The van der Waals surface area contributed by atoms with Crippen LogP contribution in [0.4, 0.5) is 10.1 Å². The topological polar surface area (TPSA) is 51.5 Å². The minimum atomic E-state index is -0.525. The summed E-state index contributed by atoms with van der Waals surface area (Å²) in [7, 11) is 0. The summed E-state index contributed by atoms with van der Waals surface area (Å²) in [5, 5.41) is 3.17. The fourth-order valence-corrected chi connectivity index (χ4v) is 2.48. The maximum absolute atomic E-state index is 13.7. The van der Waals surface area contributed by atoms with Crippen molar-refractivity contribution < 1.29 is 18.3 Å². The van der Waals surface area contributed by atoms with Crippen LogP contribution in [0.15, 0.2) is 52.9 Å². The van der Waals surface area contributed by atoms with Crippen molar-refractivity contribution in [3.05, 3.63) is 82.0 Å². The van der Waals surface area contributed by atoms with Gasteiger partial charge >= 0.3 is 0 Å². The molecule has 0 unspecified atom stereocenters. The van der Waals surface area contributed by atoms with Crippen LogP contribution in [0.25, 0.3) is 0 Å². The van der Waals surface area contributed by atoms with Crippen molar-refractivity contribution >= 4 is 23.2 Å². The highest BCUT2D eigenvalue weighted by Gasteiger charge is 2.14. The largest absolute Gasteiger partial charge is 0.486 e. The molecule has 1 amide bonds. The van der Waals surface area contributed by atoms with E-state index in [-0.39, 0.29) is 18.1 Å². The van der Waals surface area contributed by atoms with Crippen molar-refractivity contribution in [2.24, 2.45) is 0 Å². The molecule has 0 saturated heterocycles. The molecular formula is C20H17ClFNO3. The molecule has 0 saturated carbocycles. The lowest BCUT2D eigenvalue weighted by atomic mass is 10.2. The van der Waals surface area contributed by atoms with Crippen LogP contribution in [0.3, 0.4) is 0 Å². The van der Waals surface area contributed by atoms with E-state index in [0.29, 0.717) is 16.5 Å². The van der Waals surface area contributed by atoms with Gasteiger partial charge < -0.3 is 14.5 Å². The van der Waals surface area contributed by atoms with Gasteiger partial charge in [0.25, 0.3) is 5.91 Å². The molecule has 2 aromatic carbocycles. The van der Waals surface area contributed by atoms with Gasteiger partial charge in [-0.05, 0) is 67.4 Å². The van der Waals surface area contributed by atoms with Gasteiger partial charge in [0, 0.05) is 5.02 Å². The number of carbonyl (C=O) groups is 1. The molecule has 1 N–H and O–H groups in total. The maximum Gasteiger partial charge on any atom is 0.291 e. The smallest absolute Gasteiger partial charge is 0.291 e. The third kappa shape index (κ3) is 4.24. The minimum Gasteiger partial charge on any atom is -0.486 e. The number of furan rings is 1. The third-order valence-electron chi connectivity index (χ3n) is 3.77. The number of hydrogen-bond acceptors (Lipinski definition) is 3. The van der Waals surface area contributed by atoms with E-state index in [1.165, 1.54) is 12.1 Å². The normalized spacial score (nSPS) is 10.6. The van der Waals surface area contributed by atoms with Crippen LogP contribution in [0.5, 0.6) is 5.75 Å². The minimum absolute atomic E-state index is 0.0804. The van der Waals surface area contributed by atoms with Gasteiger partial charge in [-0.15, -0.1) is 0 Å². The molecule has 1 aromatic heterocycles. The molecule has 0 aliphatic carbocycles. The number of nitrogens with one attached hydrogen (secondary N) is 1. The quantitative estimate of drug-likeness (QED) is 0.640. The molecule has 0 radical (unpaired) electrons. The highest BCUT2D eigenvalue weighted by atomic mass is 35.5. The number of carbonyl (C=O) groups excluding carboxylic acids is 1. The second kappa shape index (κ2) is 7.62. The Morgan fingerprint density at radius 1 is 1.15 bits per heavy atom. The fraction of sp³-hybridized carbons (Fsp3) is 0.150. The molecule has 0 bridgehead atoms. The summed E-state index contributed by atoms with van der Waals surface area (Å²) < 4.78 is 24.9. The molecule has 3 aromatic rings. The van der Waals surface area contributed by atoms with Crippen LogP contribution in [0.1, 0.15) is 27.4 Å². The Morgan fingerprint density at radius 2 is 1.96 bits per heavy atom. The summed E-state index contributed by atoms with van der Waals surface area (Å²) in [4.78, 5) is 12.2. The van der Waals surface area contributed by atoms with E-state index < -0.39 is 11.7 Å². The second-order valence-electron chi connectivity index (χ2n) is 5.90. The molecule has 0 spiro atoms. The summed E-state index contributed by atoms with van der Waals surface area (Å²) in [6.07, 6.45) is 0. The summed E-state index contributed by atoms with van der Waals surface area (Å²) in [5.41, 5.74) is 1.86. The zero-order valence-electron chi connectivity index (χ0n) is 14.3. The Balaban J connectivity index is 1.64. The van der Waals surface area contributed by atoms with E-state index in [4.69, 9.17) is 20.8 Å². The Labute approximate surface area is 155 Å². The Hall–Kier alpha value is -2.79. The lowest BCUT2D eigenvalue weighted by molar-refractivity contribution is 0.0992. The molecule has 1 heterocycles. The van der Waals surface area contributed by atoms with Crippen LogP contribution < -0.4 is 10.1 Å². The average molecular weight is 374 g/mol. The van der Waals surface area contributed by atoms with Gasteiger partial charge in [0.15, 0.2) is 5.76 Å². The van der Waals surface area contributed by atoms with Crippen LogP contribution in [-0.4, -0.2) is 5.91 Å². The van der Waals surface area contributed by atoms with Gasteiger partial charge in [-0.25, -0.2) is 4.39 Å².